The van der Waals surface area contributed by atoms with Crippen LogP contribution in [-0.2, 0) is 20.9 Å². The summed E-state index contributed by atoms with van der Waals surface area (Å²) in [7, 11) is 0. The summed E-state index contributed by atoms with van der Waals surface area (Å²) < 4.78 is 15.9. The zero-order valence-corrected chi connectivity index (χ0v) is 19.8. The average Bonchev–Trinajstić information content (AvgIpc) is 3.28. The van der Waals surface area contributed by atoms with Gasteiger partial charge < -0.3 is 24.8 Å². The molecule has 2 N–H and O–H groups in total. The van der Waals surface area contributed by atoms with E-state index >= 15 is 0 Å². The zero-order valence-electron chi connectivity index (χ0n) is 18.3. The summed E-state index contributed by atoms with van der Waals surface area (Å²) >= 11 is 7.40. The van der Waals surface area contributed by atoms with Crippen molar-refractivity contribution >= 4 is 41.1 Å². The number of amides is 2. The maximum Gasteiger partial charge on any atom is 0.329 e. The van der Waals surface area contributed by atoms with Gasteiger partial charge in [-0.25, -0.2) is 4.79 Å². The molecule has 1 aliphatic rings. The topological polar surface area (TPSA) is 103 Å². The molecule has 2 aromatic rings. The molecule has 2 amide bonds. The van der Waals surface area contributed by atoms with Crippen molar-refractivity contribution in [3.8, 4) is 11.5 Å². The standard InChI is InChI=1S/C23H25ClN2O6S/c1-14(21(27)25-12-15-3-8-19-20(11-15)31-13-30-19)32-23(29)18(9-10-33-2)26-22(28)16-4-6-17(24)7-5-16/h3-8,11,14,18H,9-10,12-13H2,1-2H3,(H,25,27)(H,26,28). The lowest BCUT2D eigenvalue weighted by Crippen LogP contribution is -2.45. The number of rotatable bonds is 10. The van der Waals surface area contributed by atoms with E-state index in [0.717, 1.165) is 5.56 Å². The number of fused-ring (bicyclic) bond motifs is 1. The molecular formula is C23H25ClN2O6S. The first-order valence-corrected chi connectivity index (χ1v) is 12.1. The lowest BCUT2D eigenvalue weighted by molar-refractivity contribution is -0.156. The van der Waals surface area contributed by atoms with Gasteiger partial charge in [0, 0.05) is 17.1 Å². The van der Waals surface area contributed by atoms with Crippen molar-refractivity contribution in [3.05, 3.63) is 58.6 Å². The van der Waals surface area contributed by atoms with Crippen molar-refractivity contribution in [3.63, 3.8) is 0 Å². The van der Waals surface area contributed by atoms with Crippen LogP contribution in [0.3, 0.4) is 0 Å². The molecule has 2 aromatic carbocycles. The minimum Gasteiger partial charge on any atom is -0.454 e. The minimum atomic E-state index is -1.03. The van der Waals surface area contributed by atoms with Gasteiger partial charge in [-0.3, -0.25) is 9.59 Å². The largest absolute Gasteiger partial charge is 0.454 e. The Morgan fingerprint density at radius 3 is 2.58 bits per heavy atom. The lowest BCUT2D eigenvalue weighted by Gasteiger charge is -2.20. The highest BCUT2D eigenvalue weighted by Crippen LogP contribution is 2.32. The van der Waals surface area contributed by atoms with Crippen LogP contribution >= 0.6 is 23.4 Å². The van der Waals surface area contributed by atoms with Gasteiger partial charge in [0.25, 0.3) is 11.8 Å². The summed E-state index contributed by atoms with van der Waals surface area (Å²) in [5, 5.41) is 5.92. The van der Waals surface area contributed by atoms with Gasteiger partial charge in [-0.05, 0) is 67.3 Å². The third-order valence-corrected chi connectivity index (χ3v) is 5.77. The average molecular weight is 493 g/mol. The fraction of sp³-hybridized carbons (Fsp3) is 0.348. The van der Waals surface area contributed by atoms with Crippen LogP contribution in [0.4, 0.5) is 0 Å². The maximum absolute atomic E-state index is 12.7. The number of thioether (sulfide) groups is 1. The molecule has 0 spiro atoms. The van der Waals surface area contributed by atoms with Gasteiger partial charge in [-0.2, -0.15) is 11.8 Å². The molecule has 1 aliphatic heterocycles. The van der Waals surface area contributed by atoms with E-state index in [-0.39, 0.29) is 13.3 Å². The monoisotopic (exact) mass is 492 g/mol. The number of nitrogens with one attached hydrogen (secondary N) is 2. The van der Waals surface area contributed by atoms with E-state index in [2.05, 4.69) is 10.6 Å². The number of carbonyl (C=O) groups excluding carboxylic acids is 3. The van der Waals surface area contributed by atoms with Gasteiger partial charge in [0.1, 0.15) is 6.04 Å². The number of halogens is 1. The van der Waals surface area contributed by atoms with Crippen molar-refractivity contribution < 1.29 is 28.6 Å². The van der Waals surface area contributed by atoms with Crippen molar-refractivity contribution in [1.29, 1.82) is 0 Å². The smallest absolute Gasteiger partial charge is 0.329 e. The number of carbonyl (C=O) groups is 3. The van der Waals surface area contributed by atoms with Crippen LogP contribution in [0.2, 0.25) is 5.02 Å². The molecule has 2 unspecified atom stereocenters. The number of esters is 1. The van der Waals surface area contributed by atoms with E-state index < -0.39 is 29.9 Å². The van der Waals surface area contributed by atoms with E-state index in [9.17, 15) is 14.4 Å². The van der Waals surface area contributed by atoms with Gasteiger partial charge in [-0.1, -0.05) is 17.7 Å². The molecule has 3 rings (SSSR count). The fourth-order valence-corrected chi connectivity index (χ4v) is 3.62. The van der Waals surface area contributed by atoms with Crippen LogP contribution in [0.5, 0.6) is 11.5 Å². The van der Waals surface area contributed by atoms with Crippen molar-refractivity contribution in [2.45, 2.75) is 32.0 Å². The van der Waals surface area contributed by atoms with Crippen molar-refractivity contribution in [2.75, 3.05) is 18.8 Å². The van der Waals surface area contributed by atoms with Crippen LogP contribution < -0.4 is 20.1 Å². The second-order valence-electron chi connectivity index (χ2n) is 7.30. The molecule has 8 nitrogen and oxygen atoms in total. The quantitative estimate of drug-likeness (QED) is 0.491. The van der Waals surface area contributed by atoms with Gasteiger partial charge in [0.05, 0.1) is 0 Å². The summed E-state index contributed by atoms with van der Waals surface area (Å²) in [6.45, 7) is 1.89. The molecular weight excluding hydrogens is 468 g/mol. The predicted molar refractivity (Wildman–Crippen MR) is 126 cm³/mol. The van der Waals surface area contributed by atoms with E-state index in [4.69, 9.17) is 25.8 Å². The Hall–Kier alpha value is -2.91. The van der Waals surface area contributed by atoms with E-state index in [1.54, 1.807) is 36.4 Å². The van der Waals surface area contributed by atoms with Crippen LogP contribution in [-0.4, -0.2) is 48.7 Å². The first-order chi connectivity index (χ1) is 15.9. The third-order valence-electron chi connectivity index (χ3n) is 4.87. The second kappa shape index (κ2) is 11.8. The molecule has 0 saturated heterocycles. The van der Waals surface area contributed by atoms with E-state index in [1.165, 1.54) is 18.7 Å². The van der Waals surface area contributed by atoms with E-state index in [1.807, 2.05) is 12.3 Å². The van der Waals surface area contributed by atoms with Gasteiger partial charge in [0.2, 0.25) is 6.79 Å². The van der Waals surface area contributed by atoms with Crippen molar-refractivity contribution in [2.24, 2.45) is 0 Å². The Morgan fingerprint density at radius 2 is 1.85 bits per heavy atom. The molecule has 0 bridgehead atoms. The highest BCUT2D eigenvalue weighted by atomic mass is 35.5. The zero-order chi connectivity index (χ0) is 23.8. The van der Waals surface area contributed by atoms with Crippen LogP contribution in [0, 0.1) is 0 Å². The molecule has 1 heterocycles. The number of benzene rings is 2. The highest BCUT2D eigenvalue weighted by Gasteiger charge is 2.26. The summed E-state index contributed by atoms with van der Waals surface area (Å²) in [5.74, 6) is 0.365. The van der Waals surface area contributed by atoms with Crippen LogP contribution in [0.1, 0.15) is 29.3 Å². The molecule has 0 aromatic heterocycles. The fourth-order valence-electron chi connectivity index (χ4n) is 3.02. The van der Waals surface area contributed by atoms with Crippen LogP contribution in [0.15, 0.2) is 42.5 Å². The normalized spacial score (nSPS) is 13.7. The first kappa shape index (κ1) is 24.7. The van der Waals surface area contributed by atoms with Gasteiger partial charge in [0.15, 0.2) is 17.6 Å². The molecule has 0 saturated carbocycles. The molecule has 10 heteroatoms. The first-order valence-electron chi connectivity index (χ1n) is 10.3. The summed E-state index contributed by atoms with van der Waals surface area (Å²) in [4.78, 5) is 37.7. The Kier molecular flexibility index (Phi) is 8.85. The number of hydrogen-bond acceptors (Lipinski definition) is 7. The Labute approximate surface area is 201 Å². The summed E-state index contributed by atoms with van der Waals surface area (Å²) in [6.07, 6.45) is 1.23. The van der Waals surface area contributed by atoms with Crippen molar-refractivity contribution in [1.82, 2.24) is 10.6 Å². The molecule has 33 heavy (non-hydrogen) atoms. The van der Waals surface area contributed by atoms with Gasteiger partial charge in [-0.15, -0.1) is 0 Å². The maximum atomic E-state index is 12.7. The SMILES string of the molecule is CSCCC(NC(=O)c1ccc(Cl)cc1)C(=O)OC(C)C(=O)NCc1ccc2c(c1)OCO2. The van der Waals surface area contributed by atoms with Gasteiger partial charge >= 0.3 is 5.97 Å². The minimum absolute atomic E-state index is 0.171. The number of ether oxygens (including phenoxy) is 3. The highest BCUT2D eigenvalue weighted by molar-refractivity contribution is 7.98. The third kappa shape index (κ3) is 7.03. The molecule has 0 fully saturated rings. The van der Waals surface area contributed by atoms with Crippen LogP contribution in [0.25, 0.3) is 0 Å². The summed E-state index contributed by atoms with van der Waals surface area (Å²) in [5.41, 5.74) is 1.19. The Morgan fingerprint density at radius 1 is 1.12 bits per heavy atom. The van der Waals surface area contributed by atoms with E-state index in [0.29, 0.717) is 34.3 Å². The lowest BCUT2D eigenvalue weighted by atomic mass is 10.1. The predicted octanol–water partition coefficient (Wildman–Crippen LogP) is 3.17. The number of hydrogen-bond donors (Lipinski definition) is 2. The second-order valence-corrected chi connectivity index (χ2v) is 8.72. The Balaban J connectivity index is 1.54. The molecule has 0 aliphatic carbocycles. The molecule has 176 valence electrons. The summed E-state index contributed by atoms with van der Waals surface area (Å²) in [6, 6.07) is 10.8. The molecule has 0 radical (unpaired) electrons. The molecule has 2 atom stereocenters. The Bertz CT molecular complexity index is 1000.